The van der Waals surface area contributed by atoms with E-state index >= 15 is 0 Å². The zero-order valence-electron chi connectivity index (χ0n) is 15.2. The van der Waals surface area contributed by atoms with E-state index < -0.39 is 0 Å². The predicted octanol–water partition coefficient (Wildman–Crippen LogP) is 4.24. The van der Waals surface area contributed by atoms with Crippen LogP contribution in [-0.2, 0) is 4.79 Å². The van der Waals surface area contributed by atoms with Crippen molar-refractivity contribution in [2.75, 3.05) is 6.61 Å². The first-order valence-corrected chi connectivity index (χ1v) is 9.05. The van der Waals surface area contributed by atoms with Crippen molar-refractivity contribution in [2.24, 2.45) is 5.92 Å². The first-order chi connectivity index (χ1) is 12.6. The molecule has 136 valence electrons. The van der Waals surface area contributed by atoms with Crippen LogP contribution in [0.1, 0.15) is 38.6 Å². The third kappa shape index (κ3) is 4.63. The Hall–Kier alpha value is -2.82. The second-order valence-corrected chi connectivity index (χ2v) is 6.69. The molecule has 1 amide bonds. The van der Waals surface area contributed by atoms with E-state index in [4.69, 9.17) is 4.74 Å². The fourth-order valence-corrected chi connectivity index (χ4v) is 2.86. The predicted molar refractivity (Wildman–Crippen MR) is 103 cm³/mol. The number of imidazole rings is 1. The number of hydrogen-bond donors (Lipinski definition) is 2. The Labute approximate surface area is 153 Å². The minimum atomic E-state index is -0.134. The van der Waals surface area contributed by atoms with Crippen molar-refractivity contribution in [1.29, 1.82) is 0 Å². The number of para-hydroxylation sites is 3. The molecule has 1 atom stereocenters. The lowest BCUT2D eigenvalue weighted by Gasteiger charge is -2.20. The van der Waals surface area contributed by atoms with Gasteiger partial charge in [0.2, 0.25) is 5.91 Å². The average molecular weight is 351 g/mol. The average Bonchev–Trinajstić information content (AvgIpc) is 3.07. The van der Waals surface area contributed by atoms with Crippen LogP contribution >= 0.6 is 0 Å². The smallest absolute Gasteiger partial charge is 0.220 e. The standard InChI is InChI=1S/C21H25N3O2/c1-15(2)20(21-22-17-11-6-7-12-18(17)23-21)24-19(25)13-8-14-26-16-9-4-3-5-10-16/h3-7,9-12,15,20H,8,13-14H2,1-2H3,(H,22,23)(H,24,25)/t20-/m0/s1. The Balaban J connectivity index is 1.53. The van der Waals surface area contributed by atoms with Crippen molar-refractivity contribution < 1.29 is 9.53 Å². The Morgan fingerprint density at radius 1 is 1.12 bits per heavy atom. The second kappa shape index (κ2) is 8.52. The minimum Gasteiger partial charge on any atom is -0.494 e. The van der Waals surface area contributed by atoms with Gasteiger partial charge in [-0.15, -0.1) is 0 Å². The number of nitrogens with zero attached hydrogens (tertiary/aromatic N) is 1. The molecule has 3 aromatic rings. The van der Waals surface area contributed by atoms with E-state index in [1.807, 2.05) is 54.6 Å². The molecule has 1 aromatic heterocycles. The van der Waals surface area contributed by atoms with Gasteiger partial charge in [0.15, 0.2) is 0 Å². The van der Waals surface area contributed by atoms with E-state index in [9.17, 15) is 4.79 Å². The van der Waals surface area contributed by atoms with E-state index in [1.54, 1.807) is 0 Å². The van der Waals surface area contributed by atoms with Gasteiger partial charge in [0.25, 0.3) is 0 Å². The van der Waals surface area contributed by atoms with Crippen LogP contribution in [-0.4, -0.2) is 22.5 Å². The van der Waals surface area contributed by atoms with Crippen LogP contribution in [0.25, 0.3) is 11.0 Å². The zero-order valence-corrected chi connectivity index (χ0v) is 15.2. The van der Waals surface area contributed by atoms with Crippen molar-refractivity contribution in [3.8, 4) is 5.75 Å². The lowest BCUT2D eigenvalue weighted by Crippen LogP contribution is -2.32. The second-order valence-electron chi connectivity index (χ2n) is 6.69. The molecule has 0 saturated carbocycles. The molecule has 3 rings (SSSR count). The van der Waals surface area contributed by atoms with E-state index in [-0.39, 0.29) is 17.9 Å². The number of amides is 1. The Bertz CT molecular complexity index is 810. The summed E-state index contributed by atoms with van der Waals surface area (Å²) in [5, 5.41) is 3.10. The third-order valence-corrected chi connectivity index (χ3v) is 4.25. The number of aromatic nitrogens is 2. The van der Waals surface area contributed by atoms with Gasteiger partial charge >= 0.3 is 0 Å². The van der Waals surface area contributed by atoms with Crippen LogP contribution in [0.3, 0.4) is 0 Å². The van der Waals surface area contributed by atoms with Gasteiger partial charge in [0.1, 0.15) is 11.6 Å². The van der Waals surface area contributed by atoms with Crippen molar-refractivity contribution in [1.82, 2.24) is 15.3 Å². The summed E-state index contributed by atoms with van der Waals surface area (Å²) in [6.45, 7) is 4.68. The SMILES string of the molecule is CC(C)[C@H](NC(=O)CCCOc1ccccc1)c1nc2ccccc2[nH]1. The summed E-state index contributed by atoms with van der Waals surface area (Å²) in [6, 6.07) is 17.4. The lowest BCUT2D eigenvalue weighted by molar-refractivity contribution is -0.122. The molecule has 26 heavy (non-hydrogen) atoms. The molecule has 2 N–H and O–H groups in total. The number of nitrogens with one attached hydrogen (secondary N) is 2. The maximum Gasteiger partial charge on any atom is 0.220 e. The Kier molecular flexibility index (Phi) is 5.89. The summed E-state index contributed by atoms with van der Waals surface area (Å²) in [6.07, 6.45) is 1.10. The molecular formula is C21H25N3O2. The first kappa shape index (κ1) is 18.0. The van der Waals surface area contributed by atoms with Crippen LogP contribution in [0.5, 0.6) is 5.75 Å². The molecule has 0 aliphatic heterocycles. The molecule has 5 heteroatoms. The topological polar surface area (TPSA) is 67.0 Å². The van der Waals surface area contributed by atoms with Gasteiger partial charge in [0.05, 0.1) is 23.7 Å². The molecule has 0 aliphatic carbocycles. The maximum atomic E-state index is 12.3. The zero-order chi connectivity index (χ0) is 18.4. The number of rotatable bonds is 8. The number of aromatic amines is 1. The summed E-state index contributed by atoms with van der Waals surface area (Å²) in [4.78, 5) is 20.3. The van der Waals surface area contributed by atoms with Crippen molar-refractivity contribution in [3.63, 3.8) is 0 Å². The van der Waals surface area contributed by atoms with Gasteiger partial charge < -0.3 is 15.0 Å². The molecule has 0 unspecified atom stereocenters. The fourth-order valence-electron chi connectivity index (χ4n) is 2.86. The molecule has 0 spiro atoms. The number of carbonyl (C=O) groups excluding carboxylic acids is 1. The van der Waals surface area contributed by atoms with Crippen LogP contribution in [0, 0.1) is 5.92 Å². The fraction of sp³-hybridized carbons (Fsp3) is 0.333. The van der Waals surface area contributed by atoms with Crippen LogP contribution < -0.4 is 10.1 Å². The van der Waals surface area contributed by atoms with Crippen LogP contribution in [0.15, 0.2) is 54.6 Å². The van der Waals surface area contributed by atoms with Crippen molar-refractivity contribution >= 4 is 16.9 Å². The van der Waals surface area contributed by atoms with Gasteiger partial charge in [-0.05, 0) is 36.6 Å². The molecule has 0 saturated heterocycles. The molecule has 0 fully saturated rings. The summed E-state index contributed by atoms with van der Waals surface area (Å²) >= 11 is 0. The summed E-state index contributed by atoms with van der Waals surface area (Å²) < 4.78 is 5.63. The maximum absolute atomic E-state index is 12.3. The summed E-state index contributed by atoms with van der Waals surface area (Å²) in [7, 11) is 0. The van der Waals surface area contributed by atoms with Crippen molar-refractivity contribution in [2.45, 2.75) is 32.7 Å². The molecule has 0 bridgehead atoms. The quantitative estimate of drug-likeness (QED) is 0.597. The highest BCUT2D eigenvalue weighted by Gasteiger charge is 2.21. The normalized spacial score (nSPS) is 12.3. The van der Waals surface area contributed by atoms with Gasteiger partial charge in [-0.3, -0.25) is 4.79 Å². The highest BCUT2D eigenvalue weighted by Crippen LogP contribution is 2.22. The van der Waals surface area contributed by atoms with E-state index in [0.717, 1.165) is 22.6 Å². The molecule has 1 heterocycles. The van der Waals surface area contributed by atoms with E-state index in [0.29, 0.717) is 19.4 Å². The minimum absolute atomic E-state index is 0.0146. The van der Waals surface area contributed by atoms with Gasteiger partial charge in [-0.2, -0.15) is 0 Å². The number of H-pyrrole nitrogens is 1. The highest BCUT2D eigenvalue weighted by molar-refractivity contribution is 5.77. The van der Waals surface area contributed by atoms with Crippen LogP contribution in [0.2, 0.25) is 0 Å². The monoisotopic (exact) mass is 351 g/mol. The summed E-state index contributed by atoms with van der Waals surface area (Å²) in [5.74, 6) is 1.88. The Morgan fingerprint density at radius 3 is 2.58 bits per heavy atom. The molecule has 0 aliphatic rings. The van der Waals surface area contributed by atoms with Gasteiger partial charge in [-0.1, -0.05) is 44.2 Å². The van der Waals surface area contributed by atoms with Gasteiger partial charge in [0, 0.05) is 6.42 Å². The number of carbonyl (C=O) groups is 1. The summed E-state index contributed by atoms with van der Waals surface area (Å²) in [5.41, 5.74) is 1.90. The third-order valence-electron chi connectivity index (χ3n) is 4.25. The molecular weight excluding hydrogens is 326 g/mol. The largest absolute Gasteiger partial charge is 0.494 e. The first-order valence-electron chi connectivity index (χ1n) is 9.05. The lowest BCUT2D eigenvalue weighted by atomic mass is 10.0. The number of ether oxygens (including phenoxy) is 1. The number of hydrogen-bond acceptors (Lipinski definition) is 3. The number of fused-ring (bicyclic) bond motifs is 1. The van der Waals surface area contributed by atoms with E-state index in [2.05, 4.69) is 29.1 Å². The molecule has 2 aromatic carbocycles. The molecule has 0 radical (unpaired) electrons. The van der Waals surface area contributed by atoms with E-state index in [1.165, 1.54) is 0 Å². The van der Waals surface area contributed by atoms with Crippen molar-refractivity contribution in [3.05, 3.63) is 60.4 Å². The molecule has 5 nitrogen and oxygen atoms in total. The van der Waals surface area contributed by atoms with Gasteiger partial charge in [-0.25, -0.2) is 4.98 Å². The number of benzene rings is 2. The highest BCUT2D eigenvalue weighted by atomic mass is 16.5. The van der Waals surface area contributed by atoms with Crippen LogP contribution in [0.4, 0.5) is 0 Å². The Morgan fingerprint density at radius 2 is 1.85 bits per heavy atom.